The number of carbonyl (C=O) groups is 2. The van der Waals surface area contributed by atoms with Gasteiger partial charge in [-0.3, -0.25) is 14.9 Å². The first-order valence-corrected chi connectivity index (χ1v) is 7.63. The summed E-state index contributed by atoms with van der Waals surface area (Å²) in [6.07, 6.45) is 0. The number of hydrogen-bond donors (Lipinski definition) is 2. The van der Waals surface area contributed by atoms with Gasteiger partial charge in [0.1, 0.15) is 6.04 Å². The summed E-state index contributed by atoms with van der Waals surface area (Å²) in [7, 11) is 0. The van der Waals surface area contributed by atoms with Crippen molar-refractivity contribution < 1.29 is 14.7 Å². The first-order chi connectivity index (χ1) is 11.0. The van der Waals surface area contributed by atoms with Crippen LogP contribution in [0.2, 0.25) is 0 Å². The molecule has 2 aromatic rings. The third-order valence-electron chi connectivity index (χ3n) is 3.97. The highest BCUT2D eigenvalue weighted by atomic mass is 16.4. The van der Waals surface area contributed by atoms with Crippen LogP contribution in [0.15, 0.2) is 60.7 Å². The van der Waals surface area contributed by atoms with Crippen LogP contribution in [0.3, 0.4) is 0 Å². The number of hydrogen-bond acceptors (Lipinski definition) is 3. The number of nitrogens with one attached hydrogen (secondary N) is 1. The molecule has 4 nitrogen and oxygen atoms in total. The lowest BCUT2D eigenvalue weighted by Crippen LogP contribution is -2.45. The zero-order valence-electron chi connectivity index (χ0n) is 13.3. The molecule has 0 saturated heterocycles. The molecular weight excluding hydrogens is 290 g/mol. The van der Waals surface area contributed by atoms with E-state index in [2.05, 4.69) is 5.32 Å². The molecule has 0 amide bonds. The van der Waals surface area contributed by atoms with E-state index in [4.69, 9.17) is 0 Å². The largest absolute Gasteiger partial charge is 0.480 e. The van der Waals surface area contributed by atoms with Gasteiger partial charge in [-0.05, 0) is 12.5 Å². The number of carbonyl (C=O) groups excluding carboxylic acids is 1. The van der Waals surface area contributed by atoms with E-state index in [9.17, 15) is 14.7 Å². The van der Waals surface area contributed by atoms with Gasteiger partial charge in [0.25, 0.3) is 0 Å². The van der Waals surface area contributed by atoms with Gasteiger partial charge in [-0.1, -0.05) is 67.6 Å². The summed E-state index contributed by atoms with van der Waals surface area (Å²) in [4.78, 5) is 24.1. The molecule has 0 aliphatic rings. The Morgan fingerprint density at radius 3 is 1.96 bits per heavy atom. The van der Waals surface area contributed by atoms with Gasteiger partial charge in [-0.2, -0.15) is 0 Å². The number of benzene rings is 2. The van der Waals surface area contributed by atoms with Gasteiger partial charge in [0.2, 0.25) is 0 Å². The molecule has 2 aromatic carbocycles. The Morgan fingerprint density at radius 2 is 1.43 bits per heavy atom. The second-order valence-corrected chi connectivity index (χ2v) is 5.63. The molecule has 2 rings (SSSR count). The predicted molar refractivity (Wildman–Crippen MR) is 89.4 cm³/mol. The van der Waals surface area contributed by atoms with Crippen molar-refractivity contribution in [2.24, 2.45) is 5.92 Å². The highest BCUT2D eigenvalue weighted by Gasteiger charge is 2.31. The number of aliphatic carboxylic acids is 1. The molecule has 0 spiro atoms. The maximum absolute atomic E-state index is 12.5. The predicted octanol–water partition coefficient (Wildman–Crippen LogP) is 3.31. The molecule has 0 aliphatic carbocycles. The Kier molecular flexibility index (Phi) is 5.66. The summed E-state index contributed by atoms with van der Waals surface area (Å²) in [5.41, 5.74) is 1.51. The molecule has 0 aromatic heterocycles. The van der Waals surface area contributed by atoms with Gasteiger partial charge in [0.05, 0.1) is 0 Å². The highest BCUT2D eigenvalue weighted by Crippen LogP contribution is 2.18. The number of Topliss-reactive ketones (excluding diaryl/α,β-unsaturated/α-hetero) is 1. The van der Waals surface area contributed by atoms with E-state index in [1.165, 1.54) is 0 Å². The first kappa shape index (κ1) is 16.9. The normalized spacial score (nSPS) is 14.7. The lowest BCUT2D eigenvalue weighted by molar-refractivity contribution is -0.140. The van der Waals surface area contributed by atoms with Crippen molar-refractivity contribution >= 4 is 11.8 Å². The molecule has 3 atom stereocenters. The Balaban J connectivity index is 2.15. The summed E-state index contributed by atoms with van der Waals surface area (Å²) < 4.78 is 0. The van der Waals surface area contributed by atoms with Gasteiger partial charge >= 0.3 is 5.97 Å². The Morgan fingerprint density at radius 1 is 0.913 bits per heavy atom. The lowest BCUT2D eigenvalue weighted by Gasteiger charge is -2.25. The quantitative estimate of drug-likeness (QED) is 0.770. The van der Waals surface area contributed by atoms with Crippen LogP contribution in [-0.2, 0) is 4.79 Å². The average molecular weight is 311 g/mol. The molecule has 23 heavy (non-hydrogen) atoms. The molecule has 0 aliphatic heterocycles. The summed E-state index contributed by atoms with van der Waals surface area (Å²) in [6.45, 7) is 3.55. The molecular formula is C19H21NO3. The van der Waals surface area contributed by atoms with Crippen LogP contribution in [0.4, 0.5) is 0 Å². The molecule has 0 fully saturated rings. The standard InChI is InChI=1S/C19H21NO3/c1-13(18(21)16-11-7-4-8-12-16)17(19(22)23)20-14(2)15-9-5-3-6-10-15/h3-14,17,20H,1-2H3,(H,22,23)/t13-,14+,17+/m1/s1. The summed E-state index contributed by atoms with van der Waals surface area (Å²) in [5.74, 6) is -1.86. The van der Waals surface area contributed by atoms with E-state index >= 15 is 0 Å². The van der Waals surface area contributed by atoms with Crippen molar-refractivity contribution in [1.82, 2.24) is 5.32 Å². The fourth-order valence-corrected chi connectivity index (χ4v) is 2.55. The Bertz CT molecular complexity index is 655. The summed E-state index contributed by atoms with van der Waals surface area (Å²) >= 11 is 0. The molecule has 0 bridgehead atoms. The van der Waals surface area contributed by atoms with E-state index in [1.807, 2.05) is 43.3 Å². The van der Waals surface area contributed by atoms with Gasteiger partial charge < -0.3 is 5.11 Å². The van der Waals surface area contributed by atoms with Crippen molar-refractivity contribution in [2.45, 2.75) is 25.9 Å². The monoisotopic (exact) mass is 311 g/mol. The van der Waals surface area contributed by atoms with Crippen LogP contribution in [-0.4, -0.2) is 22.9 Å². The zero-order chi connectivity index (χ0) is 16.8. The van der Waals surface area contributed by atoms with E-state index < -0.39 is 17.9 Å². The van der Waals surface area contributed by atoms with Gasteiger partial charge in [0, 0.05) is 17.5 Å². The van der Waals surface area contributed by atoms with Gasteiger partial charge in [0.15, 0.2) is 5.78 Å². The van der Waals surface area contributed by atoms with Crippen LogP contribution < -0.4 is 5.32 Å². The third kappa shape index (κ3) is 4.27. The maximum atomic E-state index is 12.5. The second kappa shape index (κ2) is 7.70. The smallest absolute Gasteiger partial charge is 0.321 e. The van der Waals surface area contributed by atoms with E-state index in [0.717, 1.165) is 5.56 Å². The van der Waals surface area contributed by atoms with E-state index in [0.29, 0.717) is 5.56 Å². The first-order valence-electron chi connectivity index (χ1n) is 7.63. The highest BCUT2D eigenvalue weighted by molar-refractivity contribution is 6.00. The molecule has 4 heteroatoms. The van der Waals surface area contributed by atoms with Crippen LogP contribution in [0, 0.1) is 5.92 Å². The number of rotatable bonds is 7. The maximum Gasteiger partial charge on any atom is 0.321 e. The summed E-state index contributed by atoms with van der Waals surface area (Å²) in [6, 6.07) is 17.3. The molecule has 2 N–H and O–H groups in total. The Hall–Kier alpha value is -2.46. The van der Waals surface area contributed by atoms with Crippen molar-refractivity contribution in [3.05, 3.63) is 71.8 Å². The molecule has 0 saturated carbocycles. The van der Waals surface area contributed by atoms with Gasteiger partial charge in [-0.15, -0.1) is 0 Å². The molecule has 0 heterocycles. The fraction of sp³-hybridized carbons (Fsp3) is 0.263. The van der Waals surface area contributed by atoms with Crippen molar-refractivity contribution in [2.75, 3.05) is 0 Å². The summed E-state index contributed by atoms with van der Waals surface area (Å²) in [5, 5.41) is 12.6. The second-order valence-electron chi connectivity index (χ2n) is 5.63. The van der Waals surface area contributed by atoms with Crippen molar-refractivity contribution in [3.63, 3.8) is 0 Å². The molecule has 0 unspecified atom stereocenters. The van der Waals surface area contributed by atoms with Crippen molar-refractivity contribution in [1.29, 1.82) is 0 Å². The molecule has 0 radical (unpaired) electrons. The van der Waals surface area contributed by atoms with Crippen LogP contribution in [0.5, 0.6) is 0 Å². The minimum atomic E-state index is -1.02. The fourth-order valence-electron chi connectivity index (χ4n) is 2.55. The SMILES string of the molecule is C[C@H](N[C@H](C(=O)O)[C@@H](C)C(=O)c1ccccc1)c1ccccc1. The minimum absolute atomic E-state index is 0.164. The van der Waals surface area contributed by atoms with Crippen molar-refractivity contribution in [3.8, 4) is 0 Å². The average Bonchev–Trinajstić information content (AvgIpc) is 2.59. The minimum Gasteiger partial charge on any atom is -0.480 e. The lowest BCUT2D eigenvalue weighted by atomic mass is 9.91. The van der Waals surface area contributed by atoms with Crippen LogP contribution in [0.25, 0.3) is 0 Å². The zero-order valence-corrected chi connectivity index (χ0v) is 13.3. The Labute approximate surface area is 136 Å². The number of carboxylic acid groups (broad SMARTS) is 1. The van der Waals surface area contributed by atoms with E-state index in [1.54, 1.807) is 31.2 Å². The topological polar surface area (TPSA) is 66.4 Å². The van der Waals surface area contributed by atoms with Crippen LogP contribution in [0.1, 0.15) is 35.8 Å². The van der Waals surface area contributed by atoms with Crippen LogP contribution >= 0.6 is 0 Å². The van der Waals surface area contributed by atoms with Gasteiger partial charge in [-0.25, -0.2) is 0 Å². The molecule has 120 valence electrons. The number of carboxylic acids is 1. The number of ketones is 1. The van der Waals surface area contributed by atoms with E-state index in [-0.39, 0.29) is 11.8 Å². The third-order valence-corrected chi connectivity index (χ3v) is 3.97.